The molecular weight excluding hydrogens is 488 g/mol. The van der Waals surface area contributed by atoms with E-state index in [0.29, 0.717) is 59.1 Å². The number of piperazine rings is 1. The van der Waals surface area contributed by atoms with Crippen molar-refractivity contribution in [2.45, 2.75) is 18.1 Å². The van der Waals surface area contributed by atoms with Gasteiger partial charge >= 0.3 is 17.9 Å². The molecule has 0 spiro atoms. The maximum atomic E-state index is 13.8. The molecule has 3 aliphatic rings. The molecule has 1 saturated heterocycles. The summed E-state index contributed by atoms with van der Waals surface area (Å²) in [6.45, 7) is 1.46. The van der Waals surface area contributed by atoms with Crippen LogP contribution in [0.4, 0.5) is 5.69 Å². The molecule has 1 fully saturated rings. The monoisotopic (exact) mass is 512 g/mol. The standard InChI is InChI=1S/C29H24N2O7/c32-27(33)17-5-8-19-16(13-17)6-9-24(19)38-29(36)26-20-3-1-2-4-23(20)37-25-10-7-18(14-21(25)26)31-12-11-30-15-22(31)28(34)35/h1-10,13-14,22,24,26,30H,11-12,15H2,(H,32,33)(H,34,35). The summed E-state index contributed by atoms with van der Waals surface area (Å²) in [5.74, 6) is -2.18. The van der Waals surface area contributed by atoms with E-state index in [-0.39, 0.29) is 5.56 Å². The van der Waals surface area contributed by atoms with Crippen molar-refractivity contribution < 1.29 is 34.1 Å². The van der Waals surface area contributed by atoms with Gasteiger partial charge in [0.15, 0.2) is 0 Å². The largest absolute Gasteiger partial charge is 0.480 e. The van der Waals surface area contributed by atoms with Crippen LogP contribution < -0.4 is 15.0 Å². The summed E-state index contributed by atoms with van der Waals surface area (Å²) >= 11 is 0. The summed E-state index contributed by atoms with van der Waals surface area (Å²) < 4.78 is 12.1. The number of fused-ring (bicyclic) bond motifs is 3. The van der Waals surface area contributed by atoms with E-state index in [1.807, 2.05) is 35.2 Å². The molecule has 6 rings (SSSR count). The van der Waals surface area contributed by atoms with Crippen LogP contribution in [0.2, 0.25) is 0 Å². The summed E-state index contributed by atoms with van der Waals surface area (Å²) in [6.07, 6.45) is 2.82. The number of rotatable bonds is 5. The number of carboxylic acids is 2. The second-order valence-corrected chi connectivity index (χ2v) is 9.41. The number of hydrogen-bond donors (Lipinski definition) is 3. The van der Waals surface area contributed by atoms with Crippen molar-refractivity contribution in [1.82, 2.24) is 5.32 Å². The van der Waals surface area contributed by atoms with Crippen molar-refractivity contribution in [3.8, 4) is 11.5 Å². The quantitative estimate of drug-likeness (QED) is 0.438. The summed E-state index contributed by atoms with van der Waals surface area (Å²) in [5.41, 5.74) is 3.50. The fourth-order valence-electron chi connectivity index (χ4n) is 5.32. The smallest absolute Gasteiger partial charge is 0.335 e. The Balaban J connectivity index is 1.35. The van der Waals surface area contributed by atoms with Crippen LogP contribution in [0.5, 0.6) is 11.5 Å². The Labute approximate surface area is 217 Å². The number of para-hydroxylation sites is 1. The number of aliphatic carboxylic acids is 1. The Morgan fingerprint density at radius 1 is 0.947 bits per heavy atom. The van der Waals surface area contributed by atoms with Gasteiger partial charge in [0.2, 0.25) is 0 Å². The predicted molar refractivity (Wildman–Crippen MR) is 138 cm³/mol. The average molecular weight is 513 g/mol. The number of esters is 1. The zero-order valence-electron chi connectivity index (χ0n) is 20.2. The average Bonchev–Trinajstić information content (AvgIpc) is 3.33. The van der Waals surface area contributed by atoms with Crippen molar-refractivity contribution in [2.75, 3.05) is 24.5 Å². The van der Waals surface area contributed by atoms with Crippen LogP contribution in [0.25, 0.3) is 6.08 Å². The van der Waals surface area contributed by atoms with Crippen molar-refractivity contribution >= 4 is 29.7 Å². The zero-order valence-corrected chi connectivity index (χ0v) is 20.2. The normalized spacial score (nSPS) is 21.1. The van der Waals surface area contributed by atoms with Gasteiger partial charge in [0, 0.05) is 42.0 Å². The van der Waals surface area contributed by atoms with Gasteiger partial charge in [-0.1, -0.05) is 30.3 Å². The fourth-order valence-corrected chi connectivity index (χ4v) is 5.32. The van der Waals surface area contributed by atoms with Gasteiger partial charge in [-0.3, -0.25) is 4.79 Å². The second kappa shape index (κ2) is 9.35. The second-order valence-electron chi connectivity index (χ2n) is 9.41. The molecule has 3 unspecified atom stereocenters. The van der Waals surface area contributed by atoms with E-state index in [1.54, 1.807) is 36.4 Å². The van der Waals surface area contributed by atoms with Crippen LogP contribution in [0.3, 0.4) is 0 Å². The lowest BCUT2D eigenvalue weighted by molar-refractivity contribution is -0.148. The highest BCUT2D eigenvalue weighted by Gasteiger charge is 2.37. The molecule has 0 saturated carbocycles. The van der Waals surface area contributed by atoms with Crippen LogP contribution in [0.1, 0.15) is 44.6 Å². The molecule has 0 radical (unpaired) electrons. The van der Waals surface area contributed by atoms with E-state index in [4.69, 9.17) is 9.47 Å². The van der Waals surface area contributed by atoms with Crippen molar-refractivity contribution in [3.63, 3.8) is 0 Å². The lowest BCUT2D eigenvalue weighted by atomic mass is 9.87. The Kier molecular flexibility index (Phi) is 5.84. The van der Waals surface area contributed by atoms with E-state index < -0.39 is 36.0 Å². The Bertz CT molecular complexity index is 1500. The minimum Gasteiger partial charge on any atom is -0.480 e. The first kappa shape index (κ1) is 23.7. The molecule has 1 aliphatic carbocycles. The summed E-state index contributed by atoms with van der Waals surface area (Å²) in [5, 5.41) is 22.1. The molecule has 0 aromatic heterocycles. The molecule has 3 atom stereocenters. The minimum absolute atomic E-state index is 0.160. The van der Waals surface area contributed by atoms with E-state index in [9.17, 15) is 24.6 Å². The van der Waals surface area contributed by atoms with Gasteiger partial charge in [0.05, 0.1) is 5.56 Å². The third-order valence-electron chi connectivity index (χ3n) is 7.18. The number of hydrogen-bond acceptors (Lipinski definition) is 7. The van der Waals surface area contributed by atoms with Crippen LogP contribution in [0.15, 0.2) is 66.7 Å². The van der Waals surface area contributed by atoms with E-state index in [1.165, 1.54) is 6.07 Å². The third kappa shape index (κ3) is 4.06. The van der Waals surface area contributed by atoms with E-state index in [0.717, 1.165) is 0 Å². The van der Waals surface area contributed by atoms with Crippen molar-refractivity contribution in [1.29, 1.82) is 0 Å². The molecular formula is C29H24N2O7. The molecule has 9 heteroatoms. The van der Waals surface area contributed by atoms with Gasteiger partial charge in [-0.2, -0.15) is 0 Å². The lowest BCUT2D eigenvalue weighted by Gasteiger charge is -2.36. The molecule has 9 nitrogen and oxygen atoms in total. The van der Waals surface area contributed by atoms with Crippen LogP contribution >= 0.6 is 0 Å². The molecule has 38 heavy (non-hydrogen) atoms. The highest BCUT2D eigenvalue weighted by molar-refractivity contribution is 5.90. The number of carbonyl (C=O) groups is 3. The first-order valence-corrected chi connectivity index (χ1v) is 12.3. The summed E-state index contributed by atoms with van der Waals surface area (Å²) in [4.78, 5) is 38.9. The Hall–Kier alpha value is -4.63. The third-order valence-corrected chi connectivity index (χ3v) is 7.18. The predicted octanol–water partition coefficient (Wildman–Crippen LogP) is 3.80. The zero-order chi connectivity index (χ0) is 26.4. The fraction of sp³-hybridized carbons (Fsp3) is 0.207. The molecule has 0 amide bonds. The molecule has 0 bridgehead atoms. The molecule has 3 aromatic rings. The van der Waals surface area contributed by atoms with Crippen LogP contribution in [0, 0.1) is 0 Å². The number of carbonyl (C=O) groups excluding carboxylic acids is 1. The minimum atomic E-state index is -1.03. The topological polar surface area (TPSA) is 125 Å². The lowest BCUT2D eigenvalue weighted by Crippen LogP contribution is -2.55. The number of aromatic carboxylic acids is 1. The molecule has 3 N–H and O–H groups in total. The van der Waals surface area contributed by atoms with Crippen LogP contribution in [-0.4, -0.2) is 53.8 Å². The Morgan fingerprint density at radius 2 is 1.76 bits per heavy atom. The number of nitrogens with zero attached hydrogens (tertiary/aromatic N) is 1. The van der Waals surface area contributed by atoms with E-state index >= 15 is 0 Å². The number of anilines is 1. The van der Waals surface area contributed by atoms with Gasteiger partial charge in [0.1, 0.15) is 29.6 Å². The maximum absolute atomic E-state index is 13.8. The molecule has 192 valence electrons. The SMILES string of the molecule is O=C(O)c1ccc2c(c1)C=CC2OC(=O)C1c2ccccc2Oc2ccc(N3CCNCC3C(=O)O)cc21. The van der Waals surface area contributed by atoms with Crippen LogP contribution in [-0.2, 0) is 14.3 Å². The highest BCUT2D eigenvalue weighted by Crippen LogP contribution is 2.47. The number of nitrogens with one attached hydrogen (secondary N) is 1. The van der Waals surface area contributed by atoms with Gasteiger partial charge < -0.3 is 29.9 Å². The van der Waals surface area contributed by atoms with Gasteiger partial charge in [0.25, 0.3) is 0 Å². The number of benzene rings is 3. The molecule has 3 aromatic carbocycles. The van der Waals surface area contributed by atoms with E-state index in [2.05, 4.69) is 5.32 Å². The van der Waals surface area contributed by atoms with Crippen molar-refractivity contribution in [2.24, 2.45) is 0 Å². The number of ether oxygens (including phenoxy) is 2. The summed E-state index contributed by atoms with van der Waals surface area (Å²) in [6, 6.07) is 16.6. The maximum Gasteiger partial charge on any atom is 0.335 e. The molecule has 2 aliphatic heterocycles. The first-order chi connectivity index (χ1) is 18.4. The Morgan fingerprint density at radius 3 is 2.58 bits per heavy atom. The van der Waals surface area contributed by atoms with Gasteiger partial charge in [-0.05, 0) is 48.0 Å². The summed E-state index contributed by atoms with van der Waals surface area (Å²) in [7, 11) is 0. The van der Waals surface area contributed by atoms with Crippen molar-refractivity contribution in [3.05, 3.63) is 94.6 Å². The van der Waals surface area contributed by atoms with Gasteiger partial charge in [-0.25, -0.2) is 9.59 Å². The first-order valence-electron chi connectivity index (χ1n) is 12.3. The number of carboxylic acid groups (broad SMARTS) is 2. The highest BCUT2D eigenvalue weighted by atomic mass is 16.5. The van der Waals surface area contributed by atoms with Gasteiger partial charge in [-0.15, -0.1) is 0 Å². The molecule has 2 heterocycles.